The monoisotopic (exact) mass is 243 g/mol. The van der Waals surface area contributed by atoms with E-state index in [1.54, 1.807) is 0 Å². The molecule has 0 saturated carbocycles. The van der Waals surface area contributed by atoms with Crippen molar-refractivity contribution in [3.05, 3.63) is 35.4 Å². The van der Waals surface area contributed by atoms with Gasteiger partial charge in [-0.3, -0.25) is 4.90 Å². The standard InChI is InChI=1S/C12H15F2NO2/c13-10-2-1-9(7-11(10)14)12(8-16)15-3-5-17-6-4-15/h1-2,7,12,16H,3-6,8H2/t12-/m0/s1. The average Bonchev–Trinajstić information content (AvgIpc) is 2.36. The van der Waals surface area contributed by atoms with Gasteiger partial charge in [-0.05, 0) is 17.7 Å². The van der Waals surface area contributed by atoms with Crippen molar-refractivity contribution in [1.82, 2.24) is 4.90 Å². The van der Waals surface area contributed by atoms with E-state index in [4.69, 9.17) is 4.74 Å². The molecule has 3 nitrogen and oxygen atoms in total. The Morgan fingerprint density at radius 2 is 1.94 bits per heavy atom. The molecule has 17 heavy (non-hydrogen) atoms. The normalized spacial score (nSPS) is 19.2. The van der Waals surface area contributed by atoms with Crippen LogP contribution in [0.2, 0.25) is 0 Å². The molecule has 0 spiro atoms. The minimum Gasteiger partial charge on any atom is -0.394 e. The molecule has 1 aliphatic rings. The van der Waals surface area contributed by atoms with Gasteiger partial charge in [0.1, 0.15) is 0 Å². The highest BCUT2D eigenvalue weighted by Crippen LogP contribution is 2.22. The lowest BCUT2D eigenvalue weighted by Gasteiger charge is -2.33. The second kappa shape index (κ2) is 5.53. The number of halogens is 2. The molecule has 1 aliphatic heterocycles. The van der Waals surface area contributed by atoms with Gasteiger partial charge in [-0.25, -0.2) is 8.78 Å². The van der Waals surface area contributed by atoms with Gasteiger partial charge in [0, 0.05) is 13.1 Å². The molecule has 2 rings (SSSR count). The Kier molecular flexibility index (Phi) is 4.04. The summed E-state index contributed by atoms with van der Waals surface area (Å²) >= 11 is 0. The van der Waals surface area contributed by atoms with Gasteiger partial charge in [0.15, 0.2) is 11.6 Å². The van der Waals surface area contributed by atoms with Crippen molar-refractivity contribution in [2.45, 2.75) is 6.04 Å². The van der Waals surface area contributed by atoms with Crippen LogP contribution in [0.15, 0.2) is 18.2 Å². The van der Waals surface area contributed by atoms with E-state index in [1.807, 2.05) is 4.90 Å². The summed E-state index contributed by atoms with van der Waals surface area (Å²) in [5.74, 6) is -1.75. The highest BCUT2D eigenvalue weighted by Gasteiger charge is 2.22. The lowest BCUT2D eigenvalue weighted by Crippen LogP contribution is -2.40. The van der Waals surface area contributed by atoms with E-state index in [1.165, 1.54) is 6.07 Å². The lowest BCUT2D eigenvalue weighted by atomic mass is 10.1. The Balaban J connectivity index is 2.18. The number of nitrogens with zero attached hydrogens (tertiary/aromatic N) is 1. The first-order chi connectivity index (χ1) is 8.22. The van der Waals surface area contributed by atoms with Crippen molar-refractivity contribution >= 4 is 0 Å². The summed E-state index contributed by atoms with van der Waals surface area (Å²) in [5, 5.41) is 9.39. The van der Waals surface area contributed by atoms with E-state index in [0.29, 0.717) is 31.9 Å². The van der Waals surface area contributed by atoms with Crippen molar-refractivity contribution < 1.29 is 18.6 Å². The van der Waals surface area contributed by atoms with Crippen LogP contribution in [0.1, 0.15) is 11.6 Å². The van der Waals surface area contributed by atoms with Gasteiger partial charge in [-0.1, -0.05) is 6.07 Å². The van der Waals surface area contributed by atoms with E-state index in [-0.39, 0.29) is 12.6 Å². The molecule has 0 amide bonds. The molecule has 0 unspecified atom stereocenters. The molecule has 1 heterocycles. The molecule has 1 fully saturated rings. The molecule has 1 N–H and O–H groups in total. The lowest BCUT2D eigenvalue weighted by molar-refractivity contribution is 0.00251. The molecule has 1 saturated heterocycles. The maximum atomic E-state index is 13.1. The number of benzene rings is 1. The molecule has 1 aromatic rings. The Labute approximate surface area is 98.6 Å². The topological polar surface area (TPSA) is 32.7 Å². The van der Waals surface area contributed by atoms with Gasteiger partial charge >= 0.3 is 0 Å². The van der Waals surface area contributed by atoms with Crippen LogP contribution in [0, 0.1) is 11.6 Å². The van der Waals surface area contributed by atoms with E-state index in [9.17, 15) is 13.9 Å². The van der Waals surface area contributed by atoms with E-state index in [0.717, 1.165) is 12.1 Å². The molecule has 1 aromatic carbocycles. The van der Waals surface area contributed by atoms with Crippen LogP contribution in [0.25, 0.3) is 0 Å². The van der Waals surface area contributed by atoms with Crippen LogP contribution in [0.5, 0.6) is 0 Å². The smallest absolute Gasteiger partial charge is 0.159 e. The van der Waals surface area contributed by atoms with E-state index >= 15 is 0 Å². The largest absolute Gasteiger partial charge is 0.394 e. The predicted molar refractivity (Wildman–Crippen MR) is 58.6 cm³/mol. The first kappa shape index (κ1) is 12.4. The molecule has 0 radical (unpaired) electrons. The molecule has 0 bridgehead atoms. The third kappa shape index (κ3) is 2.80. The zero-order valence-electron chi connectivity index (χ0n) is 9.40. The third-order valence-corrected chi connectivity index (χ3v) is 2.99. The summed E-state index contributed by atoms with van der Waals surface area (Å²) in [7, 11) is 0. The van der Waals surface area contributed by atoms with Gasteiger partial charge in [-0.2, -0.15) is 0 Å². The Hall–Kier alpha value is -1.04. The predicted octanol–water partition coefficient (Wildman–Crippen LogP) is 1.33. The summed E-state index contributed by atoms with van der Waals surface area (Å²) in [6, 6.07) is 3.45. The quantitative estimate of drug-likeness (QED) is 0.869. The van der Waals surface area contributed by atoms with Gasteiger partial charge in [0.25, 0.3) is 0 Å². The molecular formula is C12H15F2NO2. The highest BCUT2D eigenvalue weighted by molar-refractivity contribution is 5.21. The minimum absolute atomic E-state index is 0.120. The van der Waals surface area contributed by atoms with Crippen molar-refractivity contribution in [2.24, 2.45) is 0 Å². The molecule has 0 aromatic heterocycles. The van der Waals surface area contributed by atoms with Crippen molar-refractivity contribution in [3.63, 3.8) is 0 Å². The molecule has 0 aliphatic carbocycles. The zero-order valence-corrected chi connectivity index (χ0v) is 9.40. The van der Waals surface area contributed by atoms with Crippen LogP contribution < -0.4 is 0 Å². The summed E-state index contributed by atoms with van der Waals surface area (Å²) < 4.78 is 31.2. The van der Waals surface area contributed by atoms with Crippen LogP contribution in [0.4, 0.5) is 8.78 Å². The third-order valence-electron chi connectivity index (χ3n) is 2.99. The molecular weight excluding hydrogens is 228 g/mol. The minimum atomic E-state index is -0.880. The first-order valence-corrected chi connectivity index (χ1v) is 5.60. The van der Waals surface area contributed by atoms with Crippen LogP contribution in [-0.2, 0) is 4.74 Å². The van der Waals surface area contributed by atoms with Crippen molar-refractivity contribution in [3.8, 4) is 0 Å². The summed E-state index contributed by atoms with van der Waals surface area (Å²) in [4.78, 5) is 2.01. The van der Waals surface area contributed by atoms with Gasteiger partial charge < -0.3 is 9.84 Å². The summed E-state index contributed by atoms with van der Waals surface area (Å²) in [5.41, 5.74) is 0.591. The number of rotatable bonds is 3. The second-order valence-electron chi connectivity index (χ2n) is 4.02. The molecule has 94 valence electrons. The molecule has 1 atom stereocenters. The Bertz CT molecular complexity index is 381. The Morgan fingerprint density at radius 3 is 2.53 bits per heavy atom. The number of aliphatic hydroxyl groups excluding tert-OH is 1. The summed E-state index contributed by atoms with van der Waals surface area (Å²) in [6.07, 6.45) is 0. The number of hydrogen-bond donors (Lipinski definition) is 1. The van der Waals surface area contributed by atoms with Crippen molar-refractivity contribution in [2.75, 3.05) is 32.9 Å². The zero-order chi connectivity index (χ0) is 12.3. The van der Waals surface area contributed by atoms with Crippen molar-refractivity contribution in [1.29, 1.82) is 0 Å². The van der Waals surface area contributed by atoms with Gasteiger partial charge in [-0.15, -0.1) is 0 Å². The fourth-order valence-electron chi connectivity index (χ4n) is 2.04. The number of hydrogen-bond acceptors (Lipinski definition) is 3. The SMILES string of the molecule is OC[C@@H](c1ccc(F)c(F)c1)N1CCOCC1. The number of aliphatic hydroxyl groups is 1. The Morgan fingerprint density at radius 1 is 1.24 bits per heavy atom. The molecule has 5 heteroatoms. The highest BCUT2D eigenvalue weighted by atomic mass is 19.2. The maximum absolute atomic E-state index is 13.1. The average molecular weight is 243 g/mol. The first-order valence-electron chi connectivity index (χ1n) is 5.60. The maximum Gasteiger partial charge on any atom is 0.159 e. The van der Waals surface area contributed by atoms with Crippen LogP contribution in [0.3, 0.4) is 0 Å². The summed E-state index contributed by atoms with van der Waals surface area (Å²) in [6.45, 7) is 2.44. The van der Waals surface area contributed by atoms with E-state index < -0.39 is 11.6 Å². The number of morpholine rings is 1. The van der Waals surface area contributed by atoms with Crippen LogP contribution in [-0.4, -0.2) is 42.9 Å². The van der Waals surface area contributed by atoms with Gasteiger partial charge in [0.05, 0.1) is 25.9 Å². The second-order valence-corrected chi connectivity index (χ2v) is 4.02. The fourth-order valence-corrected chi connectivity index (χ4v) is 2.04. The van der Waals surface area contributed by atoms with Gasteiger partial charge in [0.2, 0.25) is 0 Å². The fraction of sp³-hybridized carbons (Fsp3) is 0.500. The van der Waals surface area contributed by atoms with Crippen LogP contribution >= 0.6 is 0 Å². The van der Waals surface area contributed by atoms with E-state index in [2.05, 4.69) is 0 Å². The number of ether oxygens (including phenoxy) is 1.